The number of ether oxygens (including phenoxy) is 1. The van der Waals surface area contributed by atoms with E-state index in [1.807, 2.05) is 4.90 Å². The Bertz CT molecular complexity index is 186. The smallest absolute Gasteiger partial charge is 0.222 e. The number of likely N-dealkylation sites (tertiary alicyclic amines) is 1. The van der Waals surface area contributed by atoms with Crippen molar-refractivity contribution in [3.63, 3.8) is 0 Å². The summed E-state index contributed by atoms with van der Waals surface area (Å²) in [5.41, 5.74) is 0. The first-order valence-electron chi connectivity index (χ1n) is 5.31. The van der Waals surface area contributed by atoms with Crippen molar-refractivity contribution < 1.29 is 9.53 Å². The molecule has 0 bridgehead atoms. The Morgan fingerprint density at radius 1 is 1.43 bits per heavy atom. The lowest BCUT2D eigenvalue weighted by molar-refractivity contribution is -0.130. The third-order valence-electron chi connectivity index (χ3n) is 2.37. The second-order valence-electron chi connectivity index (χ2n) is 3.56. The van der Waals surface area contributed by atoms with Crippen LogP contribution in [0.15, 0.2) is 12.7 Å². The van der Waals surface area contributed by atoms with Gasteiger partial charge in [-0.05, 0) is 19.3 Å². The van der Waals surface area contributed by atoms with Gasteiger partial charge < -0.3 is 9.64 Å². The van der Waals surface area contributed by atoms with E-state index in [9.17, 15) is 4.79 Å². The predicted octanol–water partition coefficient (Wildman–Crippen LogP) is 1.59. The van der Waals surface area contributed by atoms with Gasteiger partial charge in [-0.25, -0.2) is 0 Å². The average Bonchev–Trinajstić information content (AvgIpc) is 2.70. The van der Waals surface area contributed by atoms with E-state index in [1.165, 1.54) is 12.8 Å². The van der Waals surface area contributed by atoms with Crippen molar-refractivity contribution in [1.29, 1.82) is 0 Å². The van der Waals surface area contributed by atoms with E-state index in [2.05, 4.69) is 6.58 Å². The summed E-state index contributed by atoms with van der Waals surface area (Å²) in [5, 5.41) is 0. The fourth-order valence-corrected chi connectivity index (χ4v) is 1.62. The van der Waals surface area contributed by atoms with Crippen LogP contribution in [0.25, 0.3) is 0 Å². The third-order valence-corrected chi connectivity index (χ3v) is 2.37. The highest BCUT2D eigenvalue weighted by Crippen LogP contribution is 2.09. The predicted molar refractivity (Wildman–Crippen MR) is 56.1 cm³/mol. The maximum atomic E-state index is 11.5. The van der Waals surface area contributed by atoms with Crippen LogP contribution in [0, 0.1) is 0 Å². The Morgan fingerprint density at radius 3 is 2.79 bits per heavy atom. The minimum atomic E-state index is 0.282. The SMILES string of the molecule is C=CCOCCCC(=O)N1CCCC1. The molecule has 0 aromatic rings. The summed E-state index contributed by atoms with van der Waals surface area (Å²) in [6, 6.07) is 0. The maximum Gasteiger partial charge on any atom is 0.222 e. The van der Waals surface area contributed by atoms with Crippen LogP contribution < -0.4 is 0 Å². The molecule has 3 heteroatoms. The highest BCUT2D eigenvalue weighted by molar-refractivity contribution is 5.76. The third kappa shape index (κ3) is 3.92. The number of rotatable bonds is 6. The summed E-state index contributed by atoms with van der Waals surface area (Å²) >= 11 is 0. The lowest BCUT2D eigenvalue weighted by atomic mass is 10.3. The first-order chi connectivity index (χ1) is 6.84. The summed E-state index contributed by atoms with van der Waals surface area (Å²) in [6.45, 7) is 6.70. The van der Waals surface area contributed by atoms with Crippen LogP contribution in [-0.2, 0) is 9.53 Å². The van der Waals surface area contributed by atoms with Gasteiger partial charge in [0.1, 0.15) is 0 Å². The van der Waals surface area contributed by atoms with Gasteiger partial charge in [-0.3, -0.25) is 4.79 Å². The lowest BCUT2D eigenvalue weighted by Crippen LogP contribution is -2.27. The quantitative estimate of drug-likeness (QED) is 0.478. The zero-order chi connectivity index (χ0) is 10.2. The number of hydrogen-bond acceptors (Lipinski definition) is 2. The Balaban J connectivity index is 2.00. The molecule has 0 atom stereocenters. The fraction of sp³-hybridized carbons (Fsp3) is 0.727. The van der Waals surface area contributed by atoms with Crippen molar-refractivity contribution in [3.8, 4) is 0 Å². The zero-order valence-electron chi connectivity index (χ0n) is 8.71. The van der Waals surface area contributed by atoms with E-state index in [0.29, 0.717) is 19.6 Å². The van der Waals surface area contributed by atoms with Crippen LogP contribution >= 0.6 is 0 Å². The number of carbonyl (C=O) groups is 1. The molecule has 0 aromatic heterocycles. The summed E-state index contributed by atoms with van der Waals surface area (Å²) in [7, 11) is 0. The van der Waals surface area contributed by atoms with Crippen molar-refractivity contribution in [3.05, 3.63) is 12.7 Å². The van der Waals surface area contributed by atoms with Gasteiger partial charge in [-0.15, -0.1) is 6.58 Å². The average molecular weight is 197 g/mol. The van der Waals surface area contributed by atoms with Gasteiger partial charge in [0.2, 0.25) is 5.91 Å². The van der Waals surface area contributed by atoms with E-state index in [1.54, 1.807) is 6.08 Å². The highest BCUT2D eigenvalue weighted by Gasteiger charge is 2.16. The van der Waals surface area contributed by atoms with E-state index in [4.69, 9.17) is 4.74 Å². The van der Waals surface area contributed by atoms with Crippen LogP contribution in [-0.4, -0.2) is 37.1 Å². The zero-order valence-corrected chi connectivity index (χ0v) is 8.71. The molecule has 0 N–H and O–H groups in total. The van der Waals surface area contributed by atoms with Gasteiger partial charge in [-0.1, -0.05) is 6.08 Å². The molecule has 0 radical (unpaired) electrons. The van der Waals surface area contributed by atoms with Crippen LogP contribution in [0.4, 0.5) is 0 Å². The molecule has 80 valence electrons. The molecule has 1 fully saturated rings. The van der Waals surface area contributed by atoms with Crippen LogP contribution in [0.5, 0.6) is 0 Å². The molecule has 1 amide bonds. The Hall–Kier alpha value is -0.830. The van der Waals surface area contributed by atoms with Gasteiger partial charge in [0.25, 0.3) is 0 Å². The highest BCUT2D eigenvalue weighted by atomic mass is 16.5. The van der Waals surface area contributed by atoms with Gasteiger partial charge in [-0.2, -0.15) is 0 Å². The largest absolute Gasteiger partial charge is 0.377 e. The van der Waals surface area contributed by atoms with E-state index in [-0.39, 0.29) is 5.91 Å². The second kappa shape index (κ2) is 6.60. The molecule has 0 aromatic carbocycles. The summed E-state index contributed by atoms with van der Waals surface area (Å²) in [4.78, 5) is 13.5. The molecule has 1 aliphatic heterocycles. The van der Waals surface area contributed by atoms with Crippen LogP contribution in [0.2, 0.25) is 0 Å². The molecule has 1 saturated heterocycles. The molecular formula is C11H19NO2. The monoisotopic (exact) mass is 197 g/mol. The van der Waals surface area contributed by atoms with Crippen molar-refractivity contribution in [2.45, 2.75) is 25.7 Å². The normalized spacial score (nSPS) is 15.9. The van der Waals surface area contributed by atoms with Crippen molar-refractivity contribution in [1.82, 2.24) is 4.90 Å². The van der Waals surface area contributed by atoms with E-state index < -0.39 is 0 Å². The minimum Gasteiger partial charge on any atom is -0.377 e. The molecule has 3 nitrogen and oxygen atoms in total. The molecule has 0 spiro atoms. The summed E-state index contributed by atoms with van der Waals surface area (Å²) < 4.78 is 5.21. The van der Waals surface area contributed by atoms with E-state index >= 15 is 0 Å². The molecule has 0 aliphatic carbocycles. The second-order valence-corrected chi connectivity index (χ2v) is 3.56. The molecule has 1 rings (SSSR count). The first kappa shape index (κ1) is 11.2. The molecule has 1 heterocycles. The number of hydrogen-bond donors (Lipinski definition) is 0. The molecular weight excluding hydrogens is 178 g/mol. The lowest BCUT2D eigenvalue weighted by Gasteiger charge is -2.14. The van der Waals surface area contributed by atoms with Gasteiger partial charge in [0.05, 0.1) is 6.61 Å². The van der Waals surface area contributed by atoms with Crippen LogP contribution in [0.3, 0.4) is 0 Å². The van der Waals surface area contributed by atoms with Crippen molar-refractivity contribution in [2.24, 2.45) is 0 Å². The standard InChI is InChI=1S/C11H19NO2/c1-2-9-14-10-5-6-11(13)12-7-3-4-8-12/h2H,1,3-10H2. The summed E-state index contributed by atoms with van der Waals surface area (Å²) in [5.74, 6) is 0.282. The Kier molecular flexibility index (Phi) is 5.30. The van der Waals surface area contributed by atoms with Crippen molar-refractivity contribution in [2.75, 3.05) is 26.3 Å². The molecule has 0 unspecified atom stereocenters. The van der Waals surface area contributed by atoms with Crippen LogP contribution in [0.1, 0.15) is 25.7 Å². The van der Waals surface area contributed by atoms with Gasteiger partial charge in [0, 0.05) is 26.1 Å². The topological polar surface area (TPSA) is 29.5 Å². The fourth-order valence-electron chi connectivity index (χ4n) is 1.62. The number of amides is 1. The number of carbonyl (C=O) groups excluding carboxylic acids is 1. The van der Waals surface area contributed by atoms with Gasteiger partial charge in [0.15, 0.2) is 0 Å². The van der Waals surface area contributed by atoms with Gasteiger partial charge >= 0.3 is 0 Å². The first-order valence-corrected chi connectivity index (χ1v) is 5.31. The maximum absolute atomic E-state index is 11.5. The number of nitrogens with zero attached hydrogens (tertiary/aromatic N) is 1. The van der Waals surface area contributed by atoms with E-state index in [0.717, 1.165) is 19.5 Å². The Labute approximate surface area is 85.7 Å². The van der Waals surface area contributed by atoms with Crippen molar-refractivity contribution >= 4 is 5.91 Å². The minimum absolute atomic E-state index is 0.282. The molecule has 14 heavy (non-hydrogen) atoms. The Morgan fingerprint density at radius 2 is 2.14 bits per heavy atom. The molecule has 0 saturated carbocycles. The molecule has 1 aliphatic rings. The summed E-state index contributed by atoms with van der Waals surface area (Å²) in [6.07, 6.45) is 5.50.